The van der Waals surface area contributed by atoms with Crippen molar-refractivity contribution in [2.45, 2.75) is 26.4 Å². The Morgan fingerprint density at radius 2 is 2.00 bits per heavy atom. The highest BCUT2D eigenvalue weighted by Crippen LogP contribution is 2.37. The molecule has 1 aromatic heterocycles. The molecule has 3 aliphatic heterocycles. The van der Waals surface area contributed by atoms with Gasteiger partial charge in [-0.15, -0.1) is 0 Å². The minimum Gasteiger partial charge on any atom is -0.390 e. The number of ether oxygens (including phenoxy) is 1. The average Bonchev–Trinajstić information content (AvgIpc) is 3.37. The number of anilines is 2. The van der Waals surface area contributed by atoms with Crippen molar-refractivity contribution in [3.05, 3.63) is 58.2 Å². The van der Waals surface area contributed by atoms with Crippen LogP contribution < -0.4 is 10.6 Å². The standard InChI is InChI=1S/C28H32FN5O5/c1-15(2)26(36)32-24-12-23-18(10-20(24)29)19(27(37)31-23)11-22-16(3)25-21(30-22)4-5-34(28(25)38)14-17(35)13-33-6-8-39-9-7-33/h10-12,17,30,35H,1,4-9,13-14H2,2-3H3,(H,31,37)(H,32,36)/b19-11-/t17-/m1/s1. The molecule has 1 saturated heterocycles. The molecule has 0 spiro atoms. The molecular formula is C28H32FN5O5. The molecule has 5 rings (SSSR count). The number of hydrogen-bond donors (Lipinski definition) is 4. The van der Waals surface area contributed by atoms with Crippen LogP contribution in [0.25, 0.3) is 11.6 Å². The van der Waals surface area contributed by atoms with Gasteiger partial charge in [-0.1, -0.05) is 6.58 Å². The number of carbonyl (C=O) groups is 3. The van der Waals surface area contributed by atoms with Crippen molar-refractivity contribution in [2.24, 2.45) is 0 Å². The quantitative estimate of drug-likeness (QED) is 0.401. The minimum absolute atomic E-state index is 0.0590. The van der Waals surface area contributed by atoms with Crippen molar-refractivity contribution in [1.82, 2.24) is 14.8 Å². The van der Waals surface area contributed by atoms with E-state index < -0.39 is 23.7 Å². The van der Waals surface area contributed by atoms with Gasteiger partial charge in [0.1, 0.15) is 5.82 Å². The summed E-state index contributed by atoms with van der Waals surface area (Å²) in [5, 5.41) is 15.8. The first kappa shape index (κ1) is 26.8. The van der Waals surface area contributed by atoms with Crippen LogP contribution in [-0.4, -0.2) is 89.7 Å². The molecule has 3 aliphatic rings. The molecule has 4 N–H and O–H groups in total. The highest BCUT2D eigenvalue weighted by Gasteiger charge is 2.32. The van der Waals surface area contributed by atoms with E-state index in [9.17, 15) is 23.9 Å². The first-order valence-electron chi connectivity index (χ1n) is 12.9. The Kier molecular flexibility index (Phi) is 7.39. The van der Waals surface area contributed by atoms with Crippen LogP contribution in [0.4, 0.5) is 15.8 Å². The number of nitrogens with zero attached hydrogens (tertiary/aromatic N) is 2. The van der Waals surface area contributed by atoms with Gasteiger partial charge in [-0.2, -0.15) is 0 Å². The number of carbonyl (C=O) groups excluding carboxylic acids is 3. The fourth-order valence-electron chi connectivity index (χ4n) is 5.20. The summed E-state index contributed by atoms with van der Waals surface area (Å²) in [6.07, 6.45) is 1.53. The lowest BCUT2D eigenvalue weighted by atomic mass is 10.0. The van der Waals surface area contributed by atoms with E-state index in [2.05, 4.69) is 27.1 Å². The number of rotatable bonds is 7. The van der Waals surface area contributed by atoms with E-state index in [0.29, 0.717) is 60.8 Å². The van der Waals surface area contributed by atoms with Gasteiger partial charge in [0.2, 0.25) is 0 Å². The van der Waals surface area contributed by atoms with Crippen LogP contribution in [-0.2, 0) is 20.7 Å². The molecule has 0 bridgehead atoms. The summed E-state index contributed by atoms with van der Waals surface area (Å²) in [4.78, 5) is 45.2. The van der Waals surface area contributed by atoms with Gasteiger partial charge >= 0.3 is 0 Å². The fraction of sp³-hybridized carbons (Fsp3) is 0.393. The van der Waals surface area contributed by atoms with Crippen molar-refractivity contribution in [3.8, 4) is 0 Å². The molecule has 0 unspecified atom stereocenters. The van der Waals surface area contributed by atoms with Crippen LogP contribution in [0, 0.1) is 12.7 Å². The monoisotopic (exact) mass is 537 g/mol. The van der Waals surface area contributed by atoms with Crippen molar-refractivity contribution >= 4 is 40.7 Å². The molecule has 1 fully saturated rings. The maximum absolute atomic E-state index is 14.8. The molecule has 1 atom stereocenters. The third kappa shape index (κ3) is 5.38. The van der Waals surface area contributed by atoms with Crippen LogP contribution in [0.2, 0.25) is 0 Å². The zero-order valence-electron chi connectivity index (χ0n) is 22.0. The third-order valence-corrected chi connectivity index (χ3v) is 7.32. The van der Waals surface area contributed by atoms with Gasteiger partial charge in [-0.25, -0.2) is 4.39 Å². The molecule has 0 radical (unpaired) electrons. The molecule has 4 heterocycles. The second kappa shape index (κ2) is 10.8. The number of aromatic nitrogens is 1. The van der Waals surface area contributed by atoms with Gasteiger partial charge in [0, 0.05) is 61.7 Å². The number of aromatic amines is 1. The number of benzene rings is 1. The minimum atomic E-state index is -0.685. The molecule has 0 aliphatic carbocycles. The summed E-state index contributed by atoms with van der Waals surface area (Å²) in [6.45, 7) is 10.8. The largest absolute Gasteiger partial charge is 0.390 e. The summed E-state index contributed by atoms with van der Waals surface area (Å²) >= 11 is 0. The van der Waals surface area contributed by atoms with E-state index in [0.717, 1.165) is 18.8 Å². The number of hydrogen-bond acceptors (Lipinski definition) is 6. The van der Waals surface area contributed by atoms with Crippen LogP contribution in [0.5, 0.6) is 0 Å². The summed E-state index contributed by atoms with van der Waals surface area (Å²) in [7, 11) is 0. The number of morpholine rings is 1. The SMILES string of the molecule is C=C(C)C(=O)Nc1cc2c(cc1F)/C(=C/c1[nH]c3c(c1C)C(=O)N(C[C@H](O)CN1CCOCC1)CC3)C(=O)N2. The maximum atomic E-state index is 14.8. The van der Waals surface area contributed by atoms with Crippen LogP contribution in [0.3, 0.4) is 0 Å². The van der Waals surface area contributed by atoms with E-state index in [4.69, 9.17) is 4.74 Å². The van der Waals surface area contributed by atoms with Crippen LogP contribution in [0.1, 0.15) is 39.8 Å². The highest BCUT2D eigenvalue weighted by molar-refractivity contribution is 6.35. The van der Waals surface area contributed by atoms with Gasteiger partial charge in [-0.3, -0.25) is 19.3 Å². The summed E-state index contributed by atoms with van der Waals surface area (Å²) in [5.74, 6) is -1.79. The number of halogens is 1. The Bertz CT molecular complexity index is 1390. The van der Waals surface area contributed by atoms with Crippen LogP contribution in [0.15, 0.2) is 24.3 Å². The Morgan fingerprint density at radius 3 is 2.72 bits per heavy atom. The summed E-state index contributed by atoms with van der Waals surface area (Å²) in [6, 6.07) is 2.58. The molecular weight excluding hydrogens is 505 g/mol. The second-order valence-electron chi connectivity index (χ2n) is 10.2. The van der Waals surface area contributed by atoms with E-state index in [-0.39, 0.29) is 29.3 Å². The molecule has 39 heavy (non-hydrogen) atoms. The van der Waals surface area contributed by atoms with Crippen LogP contribution >= 0.6 is 0 Å². The summed E-state index contributed by atoms with van der Waals surface area (Å²) < 4.78 is 20.2. The number of H-pyrrole nitrogens is 1. The molecule has 11 heteroatoms. The Morgan fingerprint density at radius 1 is 1.26 bits per heavy atom. The normalized spacial score (nSPS) is 19.1. The predicted molar refractivity (Wildman–Crippen MR) is 145 cm³/mol. The van der Waals surface area contributed by atoms with Crippen molar-refractivity contribution in [3.63, 3.8) is 0 Å². The zero-order valence-corrected chi connectivity index (χ0v) is 22.0. The topological polar surface area (TPSA) is 127 Å². The van der Waals surface area contributed by atoms with Gasteiger partial charge in [-0.05, 0) is 37.6 Å². The second-order valence-corrected chi connectivity index (χ2v) is 10.2. The predicted octanol–water partition coefficient (Wildman–Crippen LogP) is 2.16. The number of aliphatic hydroxyl groups is 1. The Labute approximate surface area is 225 Å². The average molecular weight is 538 g/mol. The number of fused-ring (bicyclic) bond motifs is 2. The van der Waals surface area contributed by atoms with E-state index in [1.165, 1.54) is 19.1 Å². The van der Waals surface area contributed by atoms with Crippen molar-refractivity contribution in [2.75, 3.05) is 56.6 Å². The lowest BCUT2D eigenvalue weighted by Crippen LogP contribution is -2.47. The first-order valence-corrected chi connectivity index (χ1v) is 12.9. The lowest BCUT2D eigenvalue weighted by Gasteiger charge is -2.32. The first-order chi connectivity index (χ1) is 18.6. The molecule has 3 amide bonds. The molecule has 2 aromatic rings. The van der Waals surface area contributed by atoms with Crippen molar-refractivity contribution < 1.29 is 28.6 Å². The molecule has 206 valence electrons. The number of nitrogens with one attached hydrogen (secondary N) is 3. The Balaban J connectivity index is 1.35. The van der Waals surface area contributed by atoms with E-state index in [1.54, 1.807) is 17.9 Å². The number of amides is 3. The third-order valence-electron chi connectivity index (χ3n) is 7.32. The number of aliphatic hydroxyl groups excluding tert-OH is 1. The lowest BCUT2D eigenvalue weighted by molar-refractivity contribution is -0.113. The van der Waals surface area contributed by atoms with Gasteiger partial charge in [0.05, 0.1) is 41.8 Å². The molecule has 1 aromatic carbocycles. The van der Waals surface area contributed by atoms with Gasteiger partial charge < -0.3 is 30.4 Å². The number of β-amino-alcohol motifs (C(OH)–C–C–N with tert-alkyl or cyclic N) is 1. The Hall–Kier alpha value is -3.80. The molecule has 0 saturated carbocycles. The zero-order chi connectivity index (χ0) is 27.8. The highest BCUT2D eigenvalue weighted by atomic mass is 19.1. The van der Waals surface area contributed by atoms with E-state index in [1.807, 2.05) is 0 Å². The maximum Gasteiger partial charge on any atom is 0.256 e. The van der Waals surface area contributed by atoms with Crippen molar-refractivity contribution in [1.29, 1.82) is 0 Å². The van der Waals surface area contributed by atoms with Gasteiger partial charge in [0.25, 0.3) is 17.7 Å². The fourth-order valence-corrected chi connectivity index (χ4v) is 5.20. The van der Waals surface area contributed by atoms with Gasteiger partial charge in [0.15, 0.2) is 0 Å². The van der Waals surface area contributed by atoms with E-state index >= 15 is 0 Å². The smallest absolute Gasteiger partial charge is 0.256 e. The molecule has 10 nitrogen and oxygen atoms in total. The summed E-state index contributed by atoms with van der Waals surface area (Å²) in [5.41, 5.74) is 3.71.